The summed E-state index contributed by atoms with van der Waals surface area (Å²) in [6, 6.07) is 7.67. The third-order valence-corrected chi connectivity index (χ3v) is 4.06. The first kappa shape index (κ1) is 10.5. The maximum Gasteiger partial charge on any atom is 0.139 e. The minimum absolute atomic E-state index is 0.0638. The maximum atomic E-state index is 9.80. The third-order valence-electron chi connectivity index (χ3n) is 3.04. The Morgan fingerprint density at radius 1 is 1.35 bits per heavy atom. The van der Waals surface area contributed by atoms with Crippen molar-refractivity contribution in [2.24, 2.45) is 0 Å². The zero-order valence-corrected chi connectivity index (χ0v) is 10.00. The van der Waals surface area contributed by atoms with Crippen LogP contribution >= 0.6 is 11.3 Å². The standard InChI is InChI=1S/C13H12NO2S/c15-10-1-2-12(16)11(7-10)14-5-3-13-9(8-14)4-6-17-13/h2,4,6-7,15-16H,3,5,8H2. The molecule has 17 heavy (non-hydrogen) atoms. The number of rotatable bonds is 1. The number of nitrogens with zero attached hydrogens (tertiary/aromatic N) is 1. The average molecular weight is 246 g/mol. The second kappa shape index (κ2) is 3.96. The molecule has 0 fully saturated rings. The molecule has 0 saturated heterocycles. The number of fused-ring (bicyclic) bond motifs is 1. The molecule has 0 saturated carbocycles. The summed E-state index contributed by atoms with van der Waals surface area (Å²) in [5.41, 5.74) is 1.99. The minimum atomic E-state index is 0.0638. The Bertz CT molecular complexity index is 550. The summed E-state index contributed by atoms with van der Waals surface area (Å²) in [7, 11) is 0. The molecule has 0 unspecified atom stereocenters. The van der Waals surface area contributed by atoms with Gasteiger partial charge in [-0.05, 0) is 29.5 Å². The van der Waals surface area contributed by atoms with Crippen LogP contribution in [0.5, 0.6) is 11.5 Å². The van der Waals surface area contributed by atoms with E-state index in [-0.39, 0.29) is 11.5 Å². The Labute approximate surface area is 104 Å². The van der Waals surface area contributed by atoms with E-state index in [1.165, 1.54) is 16.5 Å². The minimum Gasteiger partial charge on any atom is -0.507 e. The molecule has 1 aliphatic heterocycles. The van der Waals surface area contributed by atoms with Crippen LogP contribution in [-0.2, 0) is 13.0 Å². The van der Waals surface area contributed by atoms with Crippen LogP contribution in [0.4, 0.5) is 5.69 Å². The average Bonchev–Trinajstić information content (AvgIpc) is 2.79. The number of benzene rings is 1. The first-order chi connectivity index (χ1) is 8.24. The van der Waals surface area contributed by atoms with E-state index in [1.54, 1.807) is 17.4 Å². The van der Waals surface area contributed by atoms with E-state index in [0.29, 0.717) is 5.69 Å². The molecule has 1 aromatic heterocycles. The molecular weight excluding hydrogens is 234 g/mol. The number of hydrogen-bond acceptors (Lipinski definition) is 4. The molecule has 1 aromatic carbocycles. The van der Waals surface area contributed by atoms with Crippen LogP contribution in [0.3, 0.4) is 0 Å². The van der Waals surface area contributed by atoms with Gasteiger partial charge in [0.05, 0.1) is 5.69 Å². The molecule has 1 radical (unpaired) electrons. The molecule has 0 atom stereocenters. The van der Waals surface area contributed by atoms with Crippen molar-refractivity contribution in [1.82, 2.24) is 0 Å². The summed E-state index contributed by atoms with van der Waals surface area (Å²) in [6.07, 6.45) is 0.992. The Hall–Kier alpha value is -1.68. The van der Waals surface area contributed by atoms with Gasteiger partial charge in [-0.2, -0.15) is 0 Å². The largest absolute Gasteiger partial charge is 0.507 e. The molecule has 87 valence electrons. The van der Waals surface area contributed by atoms with Crippen molar-refractivity contribution in [3.8, 4) is 11.5 Å². The summed E-state index contributed by atoms with van der Waals surface area (Å²) in [5, 5.41) is 21.3. The van der Waals surface area contributed by atoms with E-state index in [2.05, 4.69) is 22.4 Å². The number of thiophene rings is 1. The lowest BCUT2D eigenvalue weighted by Crippen LogP contribution is -2.29. The van der Waals surface area contributed by atoms with Crippen LogP contribution in [0.15, 0.2) is 23.6 Å². The van der Waals surface area contributed by atoms with E-state index in [1.807, 2.05) is 0 Å². The van der Waals surface area contributed by atoms with Crippen molar-refractivity contribution in [2.75, 3.05) is 11.4 Å². The number of phenolic OH excluding ortho intramolecular Hbond substituents is 2. The van der Waals surface area contributed by atoms with Gasteiger partial charge in [-0.3, -0.25) is 0 Å². The summed E-state index contributed by atoms with van der Waals surface area (Å²) >= 11 is 1.79. The van der Waals surface area contributed by atoms with Crippen LogP contribution in [0.1, 0.15) is 10.4 Å². The predicted octanol–water partition coefficient (Wildman–Crippen LogP) is 2.52. The van der Waals surface area contributed by atoms with Crippen molar-refractivity contribution in [3.05, 3.63) is 40.1 Å². The van der Waals surface area contributed by atoms with E-state index >= 15 is 0 Å². The Kier molecular flexibility index (Phi) is 2.44. The molecule has 3 nitrogen and oxygen atoms in total. The first-order valence-electron chi connectivity index (χ1n) is 5.48. The number of aromatic hydroxyl groups is 2. The Morgan fingerprint density at radius 2 is 2.24 bits per heavy atom. The fourth-order valence-corrected chi connectivity index (χ4v) is 3.06. The van der Waals surface area contributed by atoms with Crippen molar-refractivity contribution >= 4 is 17.0 Å². The molecule has 0 aliphatic carbocycles. The van der Waals surface area contributed by atoms with Gasteiger partial charge in [-0.15, -0.1) is 11.3 Å². The smallest absolute Gasteiger partial charge is 0.139 e. The molecule has 0 spiro atoms. The van der Waals surface area contributed by atoms with Crippen LogP contribution in [0.25, 0.3) is 0 Å². The molecule has 1 aliphatic rings. The Morgan fingerprint density at radius 3 is 3.12 bits per heavy atom. The van der Waals surface area contributed by atoms with Crippen molar-refractivity contribution < 1.29 is 10.2 Å². The Balaban J connectivity index is 1.94. The van der Waals surface area contributed by atoms with Crippen molar-refractivity contribution in [1.29, 1.82) is 0 Å². The van der Waals surface area contributed by atoms with E-state index in [4.69, 9.17) is 0 Å². The molecule has 2 heterocycles. The molecule has 0 bridgehead atoms. The molecule has 2 N–H and O–H groups in total. The fraction of sp³-hybridized carbons (Fsp3) is 0.231. The second-order valence-electron chi connectivity index (χ2n) is 4.13. The van der Waals surface area contributed by atoms with E-state index in [9.17, 15) is 10.2 Å². The highest BCUT2D eigenvalue weighted by atomic mass is 32.1. The van der Waals surface area contributed by atoms with Gasteiger partial charge < -0.3 is 15.1 Å². The highest BCUT2D eigenvalue weighted by Gasteiger charge is 2.19. The molecule has 4 heteroatoms. The third kappa shape index (κ3) is 1.85. The van der Waals surface area contributed by atoms with Gasteiger partial charge in [0.1, 0.15) is 11.5 Å². The monoisotopic (exact) mass is 246 g/mol. The molecular formula is C13H12NO2S. The van der Waals surface area contributed by atoms with E-state index in [0.717, 1.165) is 19.5 Å². The normalized spacial score (nSPS) is 14.7. The zero-order valence-electron chi connectivity index (χ0n) is 9.18. The van der Waals surface area contributed by atoms with Crippen LogP contribution in [-0.4, -0.2) is 16.8 Å². The van der Waals surface area contributed by atoms with Gasteiger partial charge in [0.15, 0.2) is 0 Å². The SMILES string of the molecule is Oc1[c]cc(O)c(N2CCc3sccc3C2)c1. The lowest BCUT2D eigenvalue weighted by atomic mass is 10.1. The molecule has 0 amide bonds. The zero-order chi connectivity index (χ0) is 11.8. The summed E-state index contributed by atoms with van der Waals surface area (Å²) < 4.78 is 0. The predicted molar refractivity (Wildman–Crippen MR) is 67.7 cm³/mol. The number of anilines is 1. The van der Waals surface area contributed by atoms with Crippen LogP contribution in [0.2, 0.25) is 0 Å². The van der Waals surface area contributed by atoms with Crippen LogP contribution in [0, 0.1) is 6.07 Å². The fourth-order valence-electron chi connectivity index (χ4n) is 2.17. The van der Waals surface area contributed by atoms with Gasteiger partial charge in [-0.1, -0.05) is 0 Å². The molecule has 3 rings (SSSR count). The van der Waals surface area contributed by atoms with Crippen LogP contribution < -0.4 is 4.90 Å². The number of hydrogen-bond donors (Lipinski definition) is 2. The summed E-state index contributed by atoms with van der Waals surface area (Å²) in [4.78, 5) is 3.50. The van der Waals surface area contributed by atoms with Crippen molar-refractivity contribution in [2.45, 2.75) is 13.0 Å². The number of phenols is 2. The topological polar surface area (TPSA) is 43.7 Å². The summed E-state index contributed by atoms with van der Waals surface area (Å²) in [6.45, 7) is 1.65. The van der Waals surface area contributed by atoms with Gasteiger partial charge in [0.25, 0.3) is 0 Å². The highest BCUT2D eigenvalue weighted by Crippen LogP contribution is 2.34. The second-order valence-corrected chi connectivity index (χ2v) is 5.13. The van der Waals surface area contributed by atoms with Gasteiger partial charge in [0.2, 0.25) is 0 Å². The van der Waals surface area contributed by atoms with Crippen molar-refractivity contribution in [3.63, 3.8) is 0 Å². The van der Waals surface area contributed by atoms with E-state index < -0.39 is 0 Å². The quantitative estimate of drug-likeness (QED) is 0.760. The van der Waals surface area contributed by atoms with Gasteiger partial charge >= 0.3 is 0 Å². The lowest BCUT2D eigenvalue weighted by Gasteiger charge is -2.29. The lowest BCUT2D eigenvalue weighted by molar-refractivity contribution is 0.457. The van der Waals surface area contributed by atoms with Gasteiger partial charge in [-0.25, -0.2) is 0 Å². The van der Waals surface area contributed by atoms with Gasteiger partial charge in [0, 0.05) is 30.1 Å². The maximum absolute atomic E-state index is 9.80. The first-order valence-corrected chi connectivity index (χ1v) is 6.36. The molecule has 2 aromatic rings. The highest BCUT2D eigenvalue weighted by molar-refractivity contribution is 7.10. The summed E-state index contributed by atoms with van der Waals surface area (Å²) in [5.74, 6) is 0.232.